The van der Waals surface area contributed by atoms with Crippen LogP contribution in [-0.2, 0) is 10.0 Å². The van der Waals surface area contributed by atoms with E-state index in [1.165, 1.54) is 25.4 Å². The number of nitrogens with one attached hydrogen (secondary N) is 2. The van der Waals surface area contributed by atoms with Crippen LogP contribution in [0.25, 0.3) is 0 Å². The molecule has 0 radical (unpaired) electrons. The summed E-state index contributed by atoms with van der Waals surface area (Å²) >= 11 is 0. The van der Waals surface area contributed by atoms with E-state index in [4.69, 9.17) is 10.5 Å². The van der Waals surface area contributed by atoms with Crippen LogP contribution in [0.3, 0.4) is 0 Å². The van der Waals surface area contributed by atoms with E-state index in [-0.39, 0.29) is 28.6 Å². The fourth-order valence-electron chi connectivity index (χ4n) is 2.37. The van der Waals surface area contributed by atoms with E-state index in [9.17, 15) is 17.6 Å². The molecule has 152 valence electrons. The summed E-state index contributed by atoms with van der Waals surface area (Å²) in [6.07, 6.45) is 3.67. The van der Waals surface area contributed by atoms with Gasteiger partial charge in [-0.15, -0.1) is 0 Å². The Kier molecular flexibility index (Phi) is 7.24. The van der Waals surface area contributed by atoms with Crippen LogP contribution in [0.5, 0.6) is 5.75 Å². The van der Waals surface area contributed by atoms with Gasteiger partial charge in [-0.05, 0) is 31.0 Å². The molecule has 0 unspecified atom stereocenters. The number of carbonyl (C=O) groups excluding carboxylic acids is 1. The Balaban J connectivity index is 1.99. The molecule has 1 heterocycles. The van der Waals surface area contributed by atoms with Gasteiger partial charge < -0.3 is 15.8 Å². The minimum Gasteiger partial charge on any atom is -0.496 e. The molecule has 2 aromatic rings. The molecular weight excluding hydrogens is 389 g/mol. The van der Waals surface area contributed by atoms with E-state index < -0.39 is 21.6 Å². The third kappa shape index (κ3) is 6.13. The number of halogens is 1. The number of benzene rings is 1. The second kappa shape index (κ2) is 9.42. The van der Waals surface area contributed by atoms with E-state index in [2.05, 4.69) is 20.0 Å². The van der Waals surface area contributed by atoms with Gasteiger partial charge in [0, 0.05) is 19.3 Å². The monoisotopic (exact) mass is 411 g/mol. The van der Waals surface area contributed by atoms with Gasteiger partial charge in [0.25, 0.3) is 0 Å². The van der Waals surface area contributed by atoms with Gasteiger partial charge in [-0.1, -0.05) is 0 Å². The Hall–Kier alpha value is -2.79. The Morgan fingerprint density at radius 2 is 1.96 bits per heavy atom. The molecule has 0 saturated carbocycles. The van der Waals surface area contributed by atoms with Crippen LogP contribution >= 0.6 is 0 Å². The zero-order valence-electron chi connectivity index (χ0n) is 15.5. The third-order valence-corrected chi connectivity index (χ3v) is 4.45. The fraction of sp³-hybridized carbons (Fsp3) is 0.353. The first-order valence-electron chi connectivity index (χ1n) is 8.40. The number of carbonyl (C=O) groups is 1. The van der Waals surface area contributed by atoms with E-state index in [1.54, 1.807) is 0 Å². The summed E-state index contributed by atoms with van der Waals surface area (Å²) in [4.78, 5) is 20.7. The molecule has 11 heteroatoms. The lowest BCUT2D eigenvalue weighted by Gasteiger charge is -2.10. The van der Waals surface area contributed by atoms with Crippen molar-refractivity contribution >= 4 is 27.6 Å². The molecule has 0 aliphatic rings. The predicted molar refractivity (Wildman–Crippen MR) is 103 cm³/mol. The van der Waals surface area contributed by atoms with Gasteiger partial charge in [0.15, 0.2) is 0 Å². The van der Waals surface area contributed by atoms with Crippen molar-refractivity contribution < 1.29 is 22.3 Å². The highest BCUT2D eigenvalue weighted by atomic mass is 32.2. The number of anilines is 2. The maximum Gasteiger partial charge on any atom is 0.224 e. The molecule has 9 nitrogen and oxygen atoms in total. The first kappa shape index (κ1) is 21.5. The van der Waals surface area contributed by atoms with Crippen LogP contribution in [-0.4, -0.2) is 50.6 Å². The lowest BCUT2D eigenvalue weighted by molar-refractivity contribution is 0.103. The number of nitrogens with two attached hydrogens (primary N) is 1. The molecule has 0 amide bonds. The highest BCUT2D eigenvalue weighted by Crippen LogP contribution is 2.24. The Labute approximate surface area is 162 Å². The van der Waals surface area contributed by atoms with Crippen LogP contribution in [0.2, 0.25) is 0 Å². The minimum absolute atomic E-state index is 0.0249. The van der Waals surface area contributed by atoms with Gasteiger partial charge in [0.05, 0.1) is 24.5 Å². The number of nitrogen functional groups attached to an aromatic ring is 1. The molecule has 0 fully saturated rings. The zero-order chi connectivity index (χ0) is 20.7. The Morgan fingerprint density at radius 1 is 1.25 bits per heavy atom. The van der Waals surface area contributed by atoms with Crippen molar-refractivity contribution in [1.82, 2.24) is 14.7 Å². The van der Waals surface area contributed by atoms with Crippen molar-refractivity contribution in [2.24, 2.45) is 0 Å². The highest BCUT2D eigenvalue weighted by molar-refractivity contribution is 7.88. The summed E-state index contributed by atoms with van der Waals surface area (Å²) in [5.74, 6) is -0.723. The summed E-state index contributed by atoms with van der Waals surface area (Å²) in [7, 11) is -1.81. The average Bonchev–Trinajstić information content (AvgIpc) is 2.63. The van der Waals surface area contributed by atoms with Gasteiger partial charge in [0.1, 0.15) is 17.4 Å². The smallest absolute Gasteiger partial charge is 0.224 e. The third-order valence-electron chi connectivity index (χ3n) is 3.72. The molecule has 4 N–H and O–H groups in total. The molecule has 0 aliphatic carbocycles. The van der Waals surface area contributed by atoms with E-state index >= 15 is 0 Å². The molecule has 2 rings (SSSR count). The van der Waals surface area contributed by atoms with Crippen LogP contribution in [0.1, 0.15) is 28.8 Å². The number of hydrogen-bond acceptors (Lipinski definition) is 8. The first-order chi connectivity index (χ1) is 13.2. The van der Waals surface area contributed by atoms with Crippen molar-refractivity contribution in [3.8, 4) is 5.75 Å². The van der Waals surface area contributed by atoms with Crippen molar-refractivity contribution in [2.75, 3.05) is 37.5 Å². The molecule has 0 bridgehead atoms. The van der Waals surface area contributed by atoms with Crippen LogP contribution in [0.15, 0.2) is 24.4 Å². The lowest BCUT2D eigenvalue weighted by atomic mass is 10.0. The van der Waals surface area contributed by atoms with Crippen molar-refractivity contribution in [3.63, 3.8) is 0 Å². The standard InChI is InChI=1S/C17H22FN5O4S/c1-27-14-6-5-11(18)9-12(14)15(24)13-10-21-17(23-16(13)19)20-7-3-4-8-22-28(2,25)26/h5-6,9-10,22H,3-4,7-8H2,1-2H3,(H3,19,20,21,23). The number of sulfonamides is 1. The quantitative estimate of drug-likeness (QED) is 0.392. The van der Waals surface area contributed by atoms with Crippen molar-refractivity contribution in [2.45, 2.75) is 12.8 Å². The SMILES string of the molecule is COc1ccc(F)cc1C(=O)c1cnc(NCCCCNS(C)(=O)=O)nc1N. The second-order valence-electron chi connectivity index (χ2n) is 5.97. The first-order valence-corrected chi connectivity index (χ1v) is 10.3. The number of methoxy groups -OCH3 is 1. The molecule has 0 spiro atoms. The van der Waals surface area contributed by atoms with Gasteiger partial charge >= 0.3 is 0 Å². The van der Waals surface area contributed by atoms with Crippen LogP contribution in [0, 0.1) is 5.82 Å². The highest BCUT2D eigenvalue weighted by Gasteiger charge is 2.19. The molecule has 28 heavy (non-hydrogen) atoms. The maximum absolute atomic E-state index is 13.5. The number of unbranched alkanes of at least 4 members (excludes halogenated alkanes) is 1. The number of aromatic nitrogens is 2. The van der Waals surface area contributed by atoms with Gasteiger partial charge in [-0.2, -0.15) is 4.98 Å². The largest absolute Gasteiger partial charge is 0.496 e. The Bertz CT molecular complexity index is 953. The van der Waals surface area contributed by atoms with Gasteiger partial charge in [-0.3, -0.25) is 4.79 Å². The summed E-state index contributed by atoms with van der Waals surface area (Å²) in [5.41, 5.74) is 5.92. The van der Waals surface area contributed by atoms with Crippen molar-refractivity contribution in [1.29, 1.82) is 0 Å². The van der Waals surface area contributed by atoms with E-state index in [0.717, 1.165) is 12.3 Å². The Morgan fingerprint density at radius 3 is 2.61 bits per heavy atom. The summed E-state index contributed by atoms with van der Waals surface area (Å²) in [6.45, 7) is 0.836. The molecule has 1 aromatic heterocycles. The minimum atomic E-state index is -3.19. The number of rotatable bonds is 10. The van der Waals surface area contributed by atoms with Crippen molar-refractivity contribution in [3.05, 3.63) is 41.3 Å². The van der Waals surface area contributed by atoms with E-state index in [1.807, 2.05) is 0 Å². The number of ether oxygens (including phenoxy) is 1. The zero-order valence-corrected chi connectivity index (χ0v) is 16.3. The topological polar surface area (TPSA) is 136 Å². The van der Waals surface area contributed by atoms with Crippen LogP contribution in [0.4, 0.5) is 16.2 Å². The number of ketones is 1. The van der Waals surface area contributed by atoms with Gasteiger partial charge in [-0.25, -0.2) is 22.5 Å². The summed E-state index contributed by atoms with van der Waals surface area (Å²) in [6, 6.07) is 3.61. The summed E-state index contributed by atoms with van der Waals surface area (Å²) < 4.78 is 42.9. The summed E-state index contributed by atoms with van der Waals surface area (Å²) in [5, 5.41) is 2.95. The predicted octanol–water partition coefficient (Wildman–Crippen LogP) is 1.18. The lowest BCUT2D eigenvalue weighted by Crippen LogP contribution is -2.23. The second-order valence-corrected chi connectivity index (χ2v) is 7.80. The average molecular weight is 411 g/mol. The molecular formula is C17H22FN5O4S. The number of hydrogen-bond donors (Lipinski definition) is 3. The molecule has 0 aliphatic heterocycles. The van der Waals surface area contributed by atoms with E-state index in [0.29, 0.717) is 25.9 Å². The normalized spacial score (nSPS) is 11.2. The molecule has 1 aromatic carbocycles. The van der Waals surface area contributed by atoms with Gasteiger partial charge in [0.2, 0.25) is 21.8 Å². The molecule has 0 atom stereocenters. The maximum atomic E-state index is 13.5. The fourth-order valence-corrected chi connectivity index (χ4v) is 2.88. The number of nitrogens with zero attached hydrogens (tertiary/aromatic N) is 2. The molecule has 0 saturated heterocycles. The van der Waals surface area contributed by atoms with Crippen LogP contribution < -0.4 is 20.5 Å².